The van der Waals surface area contributed by atoms with E-state index < -0.39 is 17.5 Å². The molecule has 4 aromatic rings. The highest BCUT2D eigenvalue weighted by molar-refractivity contribution is 6.30. The summed E-state index contributed by atoms with van der Waals surface area (Å²) in [5, 5.41) is 28.4. The van der Waals surface area contributed by atoms with Crippen LogP contribution in [0, 0.1) is 6.92 Å². The van der Waals surface area contributed by atoms with Gasteiger partial charge in [-0.25, -0.2) is 0 Å². The molecule has 1 saturated carbocycles. The van der Waals surface area contributed by atoms with E-state index in [2.05, 4.69) is 10.5 Å². The lowest BCUT2D eigenvalue weighted by atomic mass is 9.93. The summed E-state index contributed by atoms with van der Waals surface area (Å²) < 4.78 is 5.58. The highest BCUT2D eigenvalue weighted by Gasteiger charge is 2.51. The number of halogens is 1. The summed E-state index contributed by atoms with van der Waals surface area (Å²) in [6.07, 6.45) is 1.84. The Kier molecular flexibility index (Phi) is 6.97. The maximum absolute atomic E-state index is 11.6. The maximum atomic E-state index is 11.6. The van der Waals surface area contributed by atoms with E-state index >= 15 is 0 Å². The second-order valence-electron chi connectivity index (χ2n) is 9.61. The summed E-state index contributed by atoms with van der Waals surface area (Å²) in [5.41, 5.74) is 11.4. The minimum absolute atomic E-state index is 0.234. The maximum Gasteiger partial charge on any atom is 0.314 e. The first-order chi connectivity index (χ1) is 18.3. The van der Waals surface area contributed by atoms with Crippen molar-refractivity contribution in [2.45, 2.75) is 37.8 Å². The number of nitrogens with zero attached hydrogens (tertiary/aromatic N) is 1. The normalized spacial score (nSPS) is 15.2. The predicted octanol–water partition coefficient (Wildman–Crippen LogP) is 5.71. The molecule has 38 heavy (non-hydrogen) atoms. The van der Waals surface area contributed by atoms with E-state index in [1.807, 2.05) is 72.8 Å². The van der Waals surface area contributed by atoms with Gasteiger partial charge in [0.05, 0.1) is 22.4 Å². The molecule has 3 aromatic carbocycles. The smallest absolute Gasteiger partial charge is 0.314 e. The zero-order valence-electron chi connectivity index (χ0n) is 20.8. The van der Waals surface area contributed by atoms with Crippen molar-refractivity contribution in [1.82, 2.24) is 10.5 Å². The van der Waals surface area contributed by atoms with E-state index in [1.165, 1.54) is 0 Å². The summed E-state index contributed by atoms with van der Waals surface area (Å²) in [6.45, 7) is 2.29. The highest BCUT2D eigenvalue weighted by Crippen LogP contribution is 2.48. The molecule has 5 N–H and O–H groups in total. The van der Waals surface area contributed by atoms with Crippen LogP contribution in [0.25, 0.3) is 22.5 Å². The molecular weight excluding hydrogens is 502 g/mol. The summed E-state index contributed by atoms with van der Waals surface area (Å²) in [4.78, 5) is 11.6. The molecule has 1 heterocycles. The zero-order valence-corrected chi connectivity index (χ0v) is 21.6. The third-order valence-electron chi connectivity index (χ3n) is 7.06. The molecule has 0 radical (unpaired) electrons. The minimum Gasteiger partial charge on any atom is -0.481 e. The largest absolute Gasteiger partial charge is 0.481 e. The minimum atomic E-state index is -1.11. The van der Waals surface area contributed by atoms with Gasteiger partial charge >= 0.3 is 5.97 Å². The van der Waals surface area contributed by atoms with Crippen molar-refractivity contribution in [2.75, 3.05) is 0 Å². The Bertz CT molecular complexity index is 1470. The van der Waals surface area contributed by atoms with Gasteiger partial charge in [-0.3, -0.25) is 4.79 Å². The number of rotatable bonds is 9. The van der Waals surface area contributed by atoms with E-state index in [0.29, 0.717) is 41.4 Å². The monoisotopic (exact) mass is 529 g/mol. The van der Waals surface area contributed by atoms with Crippen LogP contribution >= 0.6 is 11.6 Å². The van der Waals surface area contributed by atoms with Crippen LogP contribution in [0.1, 0.15) is 41.3 Å². The summed E-state index contributed by atoms with van der Waals surface area (Å²) in [5.74, 6) is -0.314. The second-order valence-corrected chi connectivity index (χ2v) is 10.0. The molecule has 1 aromatic heterocycles. The van der Waals surface area contributed by atoms with E-state index in [0.717, 1.165) is 27.8 Å². The quantitative estimate of drug-likeness (QED) is 0.219. The van der Waals surface area contributed by atoms with Gasteiger partial charge in [0.2, 0.25) is 0 Å². The lowest BCUT2D eigenvalue weighted by molar-refractivity contribution is -0.140. The van der Waals surface area contributed by atoms with Crippen molar-refractivity contribution in [2.24, 2.45) is 5.73 Å². The number of aliphatic carboxylic acids is 1. The molecule has 8 heteroatoms. The van der Waals surface area contributed by atoms with E-state index in [1.54, 1.807) is 13.1 Å². The lowest BCUT2D eigenvalue weighted by Crippen LogP contribution is -2.19. The summed E-state index contributed by atoms with van der Waals surface area (Å²) in [6, 6.07) is 22.9. The average molecular weight is 530 g/mol. The first-order valence-corrected chi connectivity index (χ1v) is 12.7. The molecule has 0 saturated heterocycles. The highest BCUT2D eigenvalue weighted by atomic mass is 35.5. The number of hydrogen-bond donors (Lipinski definition) is 4. The van der Waals surface area contributed by atoms with Crippen LogP contribution in [-0.4, -0.2) is 21.3 Å². The number of aliphatic hydroxyl groups excluding tert-OH is 1. The third kappa shape index (κ3) is 5.03. The number of aliphatic hydroxyl groups is 1. The third-order valence-corrected chi connectivity index (χ3v) is 7.31. The number of carboxylic acid groups (broad SMARTS) is 1. The standard InChI is InChI=1S/C30H28ClN3O4/c1-18-26(27(35)25(32)17-33-16-19-2-12-24(31)13-3-19)28(38-34-18)22-6-4-20(5-7-22)21-8-10-23(11-9-21)30(14-15-30)29(36)37/h2-13,17,27,33,35H,14-16,32H2,1H3,(H,36,37)/b25-17-. The van der Waals surface area contributed by atoms with E-state index in [-0.39, 0.29) is 5.70 Å². The number of hydrogen-bond acceptors (Lipinski definition) is 6. The van der Waals surface area contributed by atoms with Gasteiger partial charge in [0.15, 0.2) is 5.76 Å². The molecule has 0 amide bonds. The Morgan fingerprint density at radius 3 is 2.21 bits per heavy atom. The Labute approximate surface area is 225 Å². The van der Waals surface area contributed by atoms with Crippen LogP contribution in [0.2, 0.25) is 5.02 Å². The molecule has 194 valence electrons. The first kappa shape index (κ1) is 25.6. The van der Waals surface area contributed by atoms with Crippen molar-refractivity contribution in [3.8, 4) is 22.5 Å². The number of carbonyl (C=O) groups is 1. The van der Waals surface area contributed by atoms with Crippen molar-refractivity contribution in [3.63, 3.8) is 0 Å². The fraction of sp³-hybridized carbons (Fsp3) is 0.200. The fourth-order valence-electron chi connectivity index (χ4n) is 4.59. The van der Waals surface area contributed by atoms with E-state index in [9.17, 15) is 15.0 Å². The predicted molar refractivity (Wildman–Crippen MR) is 146 cm³/mol. The van der Waals surface area contributed by atoms with Crippen LogP contribution in [0.4, 0.5) is 0 Å². The topological polar surface area (TPSA) is 122 Å². The molecule has 1 aliphatic rings. The second kappa shape index (κ2) is 10.4. The van der Waals surface area contributed by atoms with Crippen LogP contribution in [0.5, 0.6) is 0 Å². The number of aromatic nitrogens is 1. The van der Waals surface area contributed by atoms with Crippen molar-refractivity contribution >= 4 is 17.6 Å². The summed E-state index contributed by atoms with van der Waals surface area (Å²) >= 11 is 5.93. The first-order valence-electron chi connectivity index (χ1n) is 12.3. The molecule has 1 unspecified atom stereocenters. The van der Waals surface area contributed by atoms with Crippen molar-refractivity contribution in [3.05, 3.63) is 112 Å². The number of benzene rings is 3. The van der Waals surface area contributed by atoms with Crippen LogP contribution < -0.4 is 11.1 Å². The van der Waals surface area contributed by atoms with Gasteiger partial charge in [0, 0.05) is 23.3 Å². The van der Waals surface area contributed by atoms with Gasteiger partial charge in [-0.15, -0.1) is 0 Å². The molecule has 1 fully saturated rings. The lowest BCUT2D eigenvalue weighted by Gasteiger charge is -2.13. The van der Waals surface area contributed by atoms with Crippen molar-refractivity contribution in [1.29, 1.82) is 0 Å². The molecular formula is C30H28ClN3O4. The molecule has 0 spiro atoms. The van der Waals surface area contributed by atoms with Gasteiger partial charge in [-0.1, -0.05) is 77.4 Å². The molecule has 7 nitrogen and oxygen atoms in total. The Hall–Kier alpha value is -4.07. The van der Waals surface area contributed by atoms with E-state index in [4.69, 9.17) is 21.9 Å². The number of carboxylic acids is 1. The number of nitrogens with one attached hydrogen (secondary N) is 1. The molecule has 1 atom stereocenters. The molecule has 0 bridgehead atoms. The number of aryl methyl sites for hydroxylation is 1. The van der Waals surface area contributed by atoms with Crippen LogP contribution in [-0.2, 0) is 16.8 Å². The molecule has 5 rings (SSSR count). The van der Waals surface area contributed by atoms with Crippen LogP contribution in [0.15, 0.2) is 89.2 Å². The zero-order chi connectivity index (χ0) is 26.9. The summed E-state index contributed by atoms with van der Waals surface area (Å²) in [7, 11) is 0. The molecule has 1 aliphatic carbocycles. The van der Waals surface area contributed by atoms with Gasteiger partial charge < -0.3 is 25.8 Å². The van der Waals surface area contributed by atoms with Gasteiger partial charge in [0.1, 0.15) is 6.10 Å². The Balaban J connectivity index is 1.31. The Morgan fingerprint density at radius 2 is 1.63 bits per heavy atom. The SMILES string of the molecule is Cc1noc(-c2ccc(-c3ccc(C4(C(=O)O)CC4)cc3)cc2)c1C(O)/C(N)=C/NCc1ccc(Cl)cc1. The van der Waals surface area contributed by atoms with Crippen LogP contribution in [0.3, 0.4) is 0 Å². The average Bonchev–Trinajstić information content (AvgIpc) is 3.66. The van der Waals surface area contributed by atoms with Gasteiger partial charge in [-0.05, 0) is 54.2 Å². The number of nitrogens with two attached hydrogens (primary N) is 1. The Morgan fingerprint density at radius 1 is 1.05 bits per heavy atom. The van der Waals surface area contributed by atoms with Gasteiger partial charge in [0.25, 0.3) is 0 Å². The molecule has 0 aliphatic heterocycles. The van der Waals surface area contributed by atoms with Crippen molar-refractivity contribution < 1.29 is 19.5 Å². The van der Waals surface area contributed by atoms with Gasteiger partial charge in [-0.2, -0.15) is 0 Å². The fourth-order valence-corrected chi connectivity index (χ4v) is 4.71.